The van der Waals surface area contributed by atoms with Crippen LogP contribution in [0.4, 0.5) is 17.6 Å². The number of hydrogen-bond acceptors (Lipinski definition) is 12. The second-order valence-corrected chi connectivity index (χ2v) is 39.0. The number of carbonyl (C=O) groups is 4. The van der Waals surface area contributed by atoms with E-state index in [-0.39, 0.29) is 87.2 Å². The van der Waals surface area contributed by atoms with Crippen LogP contribution in [0, 0.1) is 169 Å². The summed E-state index contributed by atoms with van der Waals surface area (Å²) in [7, 11) is 5.78. The number of Topliss-reactive ketones (excluding diaryl/α,β-unsaturated/α-hetero) is 1. The quantitative estimate of drug-likeness (QED) is 0.0427. The van der Waals surface area contributed by atoms with Gasteiger partial charge in [-0.2, -0.15) is 17.6 Å². The first kappa shape index (κ1) is 83.0. The minimum atomic E-state index is -3.69. The molecular formula is C86H142F4O13. The van der Waals surface area contributed by atoms with Crippen molar-refractivity contribution in [3.05, 3.63) is 0 Å². The average Bonchev–Trinajstić information content (AvgIpc) is 1.70. The van der Waals surface area contributed by atoms with Crippen LogP contribution in [-0.4, -0.2) is 117 Å². The van der Waals surface area contributed by atoms with E-state index in [1.807, 2.05) is 6.92 Å². The summed E-state index contributed by atoms with van der Waals surface area (Å²) in [5.74, 6) is -2.52. The molecule has 0 aliphatic heterocycles. The summed E-state index contributed by atoms with van der Waals surface area (Å²) in [6.45, 7) is 33.0. The highest BCUT2D eigenvalue weighted by Gasteiger charge is 2.70. The Morgan fingerprint density at radius 2 is 0.806 bits per heavy atom. The van der Waals surface area contributed by atoms with Gasteiger partial charge >= 0.3 is 29.8 Å². The molecule has 0 amide bonds. The second kappa shape index (κ2) is 32.1. The first-order valence-corrected chi connectivity index (χ1v) is 41.7. The molecule has 0 radical (unpaired) electrons. The number of halogens is 4. The third-order valence-electron chi connectivity index (χ3n) is 34.6. The number of hydrogen-bond donors (Lipinski definition) is 3. The van der Waals surface area contributed by atoms with E-state index >= 15 is 0 Å². The molecule has 0 bridgehead atoms. The van der Waals surface area contributed by atoms with E-state index in [9.17, 15) is 47.0 Å². The summed E-state index contributed by atoms with van der Waals surface area (Å²) in [5, 5.41) is 31.0. The molecule has 0 saturated heterocycles. The Labute approximate surface area is 618 Å². The standard InChI is InChI=1S/C30H50F2O4.C30H50O5.C26H42F2O4/c1-8-20-24-15-18(2)11-13-29(24,5)23-12-14-28(4)21(19(3)16-30(31,32)27(33)35-7)9-10-22(28)25(23)26(20)36-17-34-6;1-8-20-24-15-18(2)11-13-30(24,5)23-12-14-29(4)21(19(3)16-25(31)28(32)34-7)9-10-22(29)26(23)27(20)35-17-33-6;1-5-16-20-12-15(29)8-10-25(20,4)19-9-11-24(3)17(6-7-18(24)21(19)22(16)30)14(2)13-26(27,28)23(31)32/h18-26H,8-17H2,1-7H3;18-24,26-27H,8-17H2,1-7H3;14-22,29-30H,5-13H2,1-4H3,(H,31,32)/t18-,19-,20-,21-,22?,23?,24+,25?,26-,28-,29-;18-,19-,20-,21-,22?,23?,24+,26?,27-,29-,30-;14-,15-,16-,17-,18?,19?,20+,21?,22-,24-,25-/m111/s1. The second-order valence-electron chi connectivity index (χ2n) is 39.0. The van der Waals surface area contributed by atoms with Crippen LogP contribution >= 0.6 is 0 Å². The molecule has 0 aromatic heterocycles. The lowest BCUT2D eigenvalue weighted by Crippen LogP contribution is -2.62. The minimum Gasteiger partial charge on any atom is -0.477 e. The first-order chi connectivity index (χ1) is 48.4. The fourth-order valence-corrected chi connectivity index (χ4v) is 30.0. The molecule has 0 heterocycles. The predicted octanol–water partition coefficient (Wildman–Crippen LogP) is 19.0. The predicted molar refractivity (Wildman–Crippen MR) is 391 cm³/mol. The van der Waals surface area contributed by atoms with Crippen molar-refractivity contribution in [1.82, 2.24) is 0 Å². The zero-order valence-corrected chi connectivity index (χ0v) is 67.0. The van der Waals surface area contributed by atoms with Crippen molar-refractivity contribution in [3.8, 4) is 0 Å². The molecule has 3 N–H and O–H groups in total. The summed E-state index contributed by atoms with van der Waals surface area (Å²) in [4.78, 5) is 47.0. The lowest BCUT2D eigenvalue weighted by atomic mass is 9.41. The van der Waals surface area contributed by atoms with Gasteiger partial charge in [0.2, 0.25) is 5.78 Å². The summed E-state index contributed by atoms with van der Waals surface area (Å²) < 4.78 is 90.5. The summed E-state index contributed by atoms with van der Waals surface area (Å²) >= 11 is 0. The maximum absolute atomic E-state index is 14.6. The largest absolute Gasteiger partial charge is 0.477 e. The van der Waals surface area contributed by atoms with Crippen LogP contribution in [0.3, 0.4) is 0 Å². The molecular weight excluding hydrogens is 1320 g/mol. The van der Waals surface area contributed by atoms with Crippen LogP contribution in [0.25, 0.3) is 0 Å². The van der Waals surface area contributed by atoms with Crippen LogP contribution < -0.4 is 0 Å². The Kier molecular flexibility index (Phi) is 25.9. The number of methoxy groups -OCH3 is 4. The van der Waals surface area contributed by atoms with Crippen molar-refractivity contribution in [2.45, 2.75) is 307 Å². The van der Waals surface area contributed by atoms with Crippen molar-refractivity contribution in [3.63, 3.8) is 0 Å². The Balaban J connectivity index is 0.000000166. The van der Waals surface area contributed by atoms with Gasteiger partial charge in [0, 0.05) is 33.5 Å². The number of ether oxygens (including phenoxy) is 6. The van der Waals surface area contributed by atoms with Crippen molar-refractivity contribution < 1.29 is 80.5 Å². The smallest absolute Gasteiger partial charge is 0.376 e. The van der Waals surface area contributed by atoms with Crippen LogP contribution in [0.1, 0.15) is 270 Å². The van der Waals surface area contributed by atoms with E-state index in [1.165, 1.54) is 71.3 Å². The number of alkyl halides is 4. The van der Waals surface area contributed by atoms with Crippen LogP contribution in [0.2, 0.25) is 0 Å². The van der Waals surface area contributed by atoms with Gasteiger partial charge in [-0.05, 0) is 291 Å². The van der Waals surface area contributed by atoms with Crippen molar-refractivity contribution in [1.29, 1.82) is 0 Å². The van der Waals surface area contributed by atoms with E-state index < -0.39 is 48.7 Å². The molecule has 592 valence electrons. The Morgan fingerprint density at radius 1 is 0.447 bits per heavy atom. The minimum absolute atomic E-state index is 0.00902. The number of esters is 2. The molecule has 12 aliphatic carbocycles. The number of ketones is 1. The Hall–Kier alpha value is -2.44. The number of carboxylic acid groups (broad SMARTS) is 1. The van der Waals surface area contributed by atoms with E-state index in [1.54, 1.807) is 21.1 Å². The Morgan fingerprint density at radius 3 is 1.19 bits per heavy atom. The molecule has 0 spiro atoms. The van der Waals surface area contributed by atoms with E-state index in [0.717, 1.165) is 115 Å². The molecule has 12 rings (SSSR count). The molecule has 12 fully saturated rings. The van der Waals surface area contributed by atoms with Gasteiger partial charge in [-0.1, -0.05) is 129 Å². The highest BCUT2D eigenvalue weighted by atomic mass is 19.3. The van der Waals surface area contributed by atoms with Gasteiger partial charge in [-0.15, -0.1) is 0 Å². The SMILES string of the molecule is CC[C@H]1[C@@H](O)C2C3CC[C@H]([C@H](C)CC(F)(F)C(=O)O)[C@@]3(C)CCC2[C@@]2(C)CC[C@@H](O)C[C@@H]12.CC[C@H]1[C@@H](OCOC)C2C3CC[C@H]([C@H](C)CC(=O)C(=O)OC)[C@@]3(C)CCC2[C@@]2(C)CC[C@@H](C)C[C@@H]12.CC[C@H]1[C@@H](OCOC)C2C3CC[C@H]([C@H](C)CC(F)(F)C(=O)OC)[C@@]3(C)CCC2[C@@]2(C)CC[C@@H](C)C[C@@H]12. The summed E-state index contributed by atoms with van der Waals surface area (Å²) in [6.07, 6.45) is 25.5. The fraction of sp³-hybridized carbons (Fsp3) is 0.953. The first-order valence-electron chi connectivity index (χ1n) is 41.7. The summed E-state index contributed by atoms with van der Waals surface area (Å²) in [5.41, 5.74) is 0.890. The Bertz CT molecular complexity index is 2900. The van der Waals surface area contributed by atoms with Gasteiger partial charge in [0.25, 0.3) is 0 Å². The number of aliphatic hydroxyl groups is 2. The number of aliphatic hydroxyl groups excluding tert-OH is 2. The third-order valence-corrected chi connectivity index (χ3v) is 34.6. The van der Waals surface area contributed by atoms with E-state index in [4.69, 9.17) is 28.8 Å². The number of rotatable bonds is 21. The molecule has 33 atom stereocenters. The highest BCUT2D eigenvalue weighted by molar-refractivity contribution is 6.33. The van der Waals surface area contributed by atoms with Gasteiger partial charge < -0.3 is 43.7 Å². The molecule has 12 saturated carbocycles. The van der Waals surface area contributed by atoms with Gasteiger partial charge in [0.05, 0.1) is 38.6 Å². The topological polar surface area (TPSA) is 184 Å². The molecule has 103 heavy (non-hydrogen) atoms. The van der Waals surface area contributed by atoms with Gasteiger partial charge in [-0.3, -0.25) is 4.79 Å². The number of carboxylic acids is 1. The van der Waals surface area contributed by atoms with E-state index in [0.29, 0.717) is 108 Å². The van der Waals surface area contributed by atoms with Gasteiger partial charge in [-0.25, -0.2) is 14.4 Å². The average molecular weight is 1460 g/mol. The number of fused-ring (bicyclic) bond motifs is 15. The molecule has 12 aliphatic rings. The lowest BCUT2D eigenvalue weighted by Gasteiger charge is -2.65. The van der Waals surface area contributed by atoms with Crippen LogP contribution in [0.15, 0.2) is 0 Å². The number of aliphatic carboxylic acids is 1. The maximum Gasteiger partial charge on any atom is 0.376 e. The highest BCUT2D eigenvalue weighted by Crippen LogP contribution is 2.74. The maximum atomic E-state index is 14.6. The summed E-state index contributed by atoms with van der Waals surface area (Å²) in [6, 6.07) is 0. The van der Waals surface area contributed by atoms with Gasteiger partial charge in [0.15, 0.2) is 0 Å². The zero-order valence-electron chi connectivity index (χ0n) is 67.0. The third kappa shape index (κ3) is 14.9. The molecule has 13 nitrogen and oxygen atoms in total. The van der Waals surface area contributed by atoms with Crippen LogP contribution in [-0.2, 0) is 47.6 Å². The van der Waals surface area contributed by atoms with Crippen molar-refractivity contribution >= 4 is 23.7 Å². The normalized spacial score (nSPS) is 46.8. The monoisotopic (exact) mass is 1460 g/mol. The molecule has 0 aromatic carbocycles. The van der Waals surface area contributed by atoms with Gasteiger partial charge in [0.1, 0.15) is 13.6 Å². The molecule has 17 heteroatoms. The fourth-order valence-electron chi connectivity index (χ4n) is 30.0. The van der Waals surface area contributed by atoms with Crippen molar-refractivity contribution in [2.24, 2.45) is 169 Å². The molecule has 0 aromatic rings. The van der Waals surface area contributed by atoms with Crippen molar-refractivity contribution in [2.75, 3.05) is 42.0 Å². The van der Waals surface area contributed by atoms with Crippen LogP contribution in [0.5, 0.6) is 0 Å². The zero-order chi connectivity index (χ0) is 75.6. The van der Waals surface area contributed by atoms with E-state index in [2.05, 4.69) is 87.8 Å². The molecule has 9 unspecified atom stereocenters. The lowest BCUT2D eigenvalue weighted by molar-refractivity contribution is -0.232. The number of carbonyl (C=O) groups excluding carboxylic acids is 3.